The molecular weight excluding hydrogens is 343 g/mol. The highest BCUT2D eigenvalue weighted by atomic mass is 19.1. The van der Waals surface area contributed by atoms with Gasteiger partial charge in [0.2, 0.25) is 5.91 Å². The summed E-state index contributed by atoms with van der Waals surface area (Å²) in [6.45, 7) is 6.45. The minimum Gasteiger partial charge on any atom is -0.441 e. The number of anilines is 1. The summed E-state index contributed by atoms with van der Waals surface area (Å²) in [5, 5.41) is 2.89. The lowest BCUT2D eigenvalue weighted by Gasteiger charge is -2.19. The van der Waals surface area contributed by atoms with E-state index in [4.69, 9.17) is 4.42 Å². The van der Waals surface area contributed by atoms with Gasteiger partial charge >= 0.3 is 0 Å². The van der Waals surface area contributed by atoms with E-state index >= 15 is 0 Å². The Kier molecular flexibility index (Phi) is 5.40. The standard InChI is InChI=1S/C22H23FN2O2/c1-22(2,3)16-6-10-18(11-7-16)25-20(26)12-13-21-24-14-19(27-21)15-4-8-17(23)9-5-15/h4-11,14H,12-13H2,1-3H3,(H,25,26). The first kappa shape index (κ1) is 18.8. The van der Waals surface area contributed by atoms with E-state index < -0.39 is 0 Å². The van der Waals surface area contributed by atoms with E-state index in [0.717, 1.165) is 11.3 Å². The fourth-order valence-corrected chi connectivity index (χ4v) is 2.67. The smallest absolute Gasteiger partial charge is 0.224 e. The molecule has 2 aromatic carbocycles. The molecule has 1 heterocycles. The van der Waals surface area contributed by atoms with E-state index in [1.807, 2.05) is 24.3 Å². The van der Waals surface area contributed by atoms with Crippen LogP contribution in [0.25, 0.3) is 11.3 Å². The van der Waals surface area contributed by atoms with Crippen LogP contribution < -0.4 is 5.32 Å². The summed E-state index contributed by atoms with van der Waals surface area (Å²) in [6, 6.07) is 13.9. The van der Waals surface area contributed by atoms with E-state index in [0.29, 0.717) is 18.1 Å². The highest BCUT2D eigenvalue weighted by molar-refractivity contribution is 5.90. The van der Waals surface area contributed by atoms with Crippen LogP contribution in [0.15, 0.2) is 59.1 Å². The molecule has 140 valence electrons. The minimum absolute atomic E-state index is 0.0791. The molecule has 0 aliphatic rings. The Morgan fingerprint density at radius 2 is 1.74 bits per heavy atom. The summed E-state index contributed by atoms with van der Waals surface area (Å²) in [5.41, 5.74) is 2.81. The van der Waals surface area contributed by atoms with Gasteiger partial charge in [0.05, 0.1) is 6.20 Å². The second-order valence-corrected chi connectivity index (χ2v) is 7.50. The zero-order valence-electron chi connectivity index (χ0n) is 15.8. The SMILES string of the molecule is CC(C)(C)c1ccc(NC(=O)CCc2ncc(-c3ccc(F)cc3)o2)cc1. The summed E-state index contributed by atoms with van der Waals surface area (Å²) in [6.07, 6.45) is 2.25. The first-order chi connectivity index (χ1) is 12.8. The Bertz CT molecular complexity index is 907. The Labute approximate surface area is 158 Å². The lowest BCUT2D eigenvalue weighted by molar-refractivity contribution is -0.116. The van der Waals surface area contributed by atoms with Crippen molar-refractivity contribution in [1.29, 1.82) is 0 Å². The molecule has 3 aromatic rings. The van der Waals surface area contributed by atoms with Crippen molar-refractivity contribution in [3.05, 3.63) is 72.0 Å². The van der Waals surface area contributed by atoms with Crippen LogP contribution in [0.2, 0.25) is 0 Å². The zero-order chi connectivity index (χ0) is 19.4. The zero-order valence-corrected chi connectivity index (χ0v) is 15.8. The molecular formula is C22H23FN2O2. The van der Waals surface area contributed by atoms with Crippen molar-refractivity contribution in [3.8, 4) is 11.3 Å². The highest BCUT2D eigenvalue weighted by Crippen LogP contribution is 2.24. The van der Waals surface area contributed by atoms with Crippen molar-refractivity contribution in [3.63, 3.8) is 0 Å². The maximum absolute atomic E-state index is 13.0. The Hall–Kier alpha value is -2.95. The highest BCUT2D eigenvalue weighted by Gasteiger charge is 2.13. The lowest BCUT2D eigenvalue weighted by atomic mass is 9.87. The minimum atomic E-state index is -0.300. The van der Waals surface area contributed by atoms with E-state index in [-0.39, 0.29) is 23.6 Å². The molecule has 0 aliphatic heterocycles. The van der Waals surface area contributed by atoms with E-state index in [1.165, 1.54) is 17.7 Å². The van der Waals surface area contributed by atoms with Crippen molar-refractivity contribution in [2.75, 3.05) is 5.32 Å². The molecule has 0 fully saturated rings. The van der Waals surface area contributed by atoms with Gasteiger partial charge in [-0.15, -0.1) is 0 Å². The number of benzene rings is 2. The third-order valence-electron chi connectivity index (χ3n) is 4.28. The van der Waals surface area contributed by atoms with Crippen molar-refractivity contribution in [1.82, 2.24) is 4.98 Å². The molecule has 1 aromatic heterocycles. The number of nitrogens with zero attached hydrogens (tertiary/aromatic N) is 1. The largest absolute Gasteiger partial charge is 0.441 e. The summed E-state index contributed by atoms with van der Waals surface area (Å²) >= 11 is 0. The van der Waals surface area contributed by atoms with Gasteiger partial charge in [-0.3, -0.25) is 4.79 Å². The molecule has 0 radical (unpaired) electrons. The monoisotopic (exact) mass is 366 g/mol. The topological polar surface area (TPSA) is 55.1 Å². The molecule has 4 nitrogen and oxygen atoms in total. The molecule has 0 atom stereocenters. The molecule has 0 bridgehead atoms. The van der Waals surface area contributed by atoms with Gasteiger partial charge in [0, 0.05) is 24.1 Å². The predicted molar refractivity (Wildman–Crippen MR) is 104 cm³/mol. The molecule has 5 heteroatoms. The van der Waals surface area contributed by atoms with Crippen LogP contribution in [0.3, 0.4) is 0 Å². The average Bonchev–Trinajstić information content (AvgIpc) is 3.09. The van der Waals surface area contributed by atoms with Crippen molar-refractivity contribution in [2.24, 2.45) is 0 Å². The number of hydrogen-bond donors (Lipinski definition) is 1. The maximum Gasteiger partial charge on any atom is 0.224 e. The lowest BCUT2D eigenvalue weighted by Crippen LogP contribution is -2.14. The Morgan fingerprint density at radius 3 is 2.37 bits per heavy atom. The molecule has 0 aliphatic carbocycles. The third-order valence-corrected chi connectivity index (χ3v) is 4.28. The number of aryl methyl sites for hydroxylation is 1. The number of carbonyl (C=O) groups is 1. The number of oxazole rings is 1. The van der Waals surface area contributed by atoms with E-state index in [9.17, 15) is 9.18 Å². The van der Waals surface area contributed by atoms with Gasteiger partial charge in [-0.05, 0) is 47.4 Å². The second-order valence-electron chi connectivity index (χ2n) is 7.50. The van der Waals surface area contributed by atoms with Crippen LogP contribution in [0.4, 0.5) is 10.1 Å². The van der Waals surface area contributed by atoms with Crippen molar-refractivity contribution >= 4 is 11.6 Å². The van der Waals surface area contributed by atoms with Gasteiger partial charge in [-0.2, -0.15) is 0 Å². The summed E-state index contributed by atoms with van der Waals surface area (Å²) in [7, 11) is 0. The molecule has 3 rings (SSSR count). The molecule has 0 saturated carbocycles. The van der Waals surface area contributed by atoms with Crippen molar-refractivity contribution < 1.29 is 13.6 Å². The number of amides is 1. The maximum atomic E-state index is 13.0. The summed E-state index contributed by atoms with van der Waals surface area (Å²) < 4.78 is 18.6. The third kappa shape index (κ3) is 5.03. The fraction of sp³-hybridized carbons (Fsp3) is 0.273. The van der Waals surface area contributed by atoms with Crippen LogP contribution in [0.5, 0.6) is 0 Å². The fourth-order valence-electron chi connectivity index (χ4n) is 2.67. The number of aromatic nitrogens is 1. The summed E-state index contributed by atoms with van der Waals surface area (Å²) in [4.78, 5) is 16.4. The van der Waals surface area contributed by atoms with Gasteiger partial charge in [-0.25, -0.2) is 9.37 Å². The molecule has 1 amide bonds. The quantitative estimate of drug-likeness (QED) is 0.662. The Balaban J connectivity index is 1.54. The normalized spacial score (nSPS) is 11.4. The molecule has 1 N–H and O–H groups in total. The summed E-state index contributed by atoms with van der Waals surface area (Å²) in [5.74, 6) is 0.640. The number of rotatable bonds is 5. The number of hydrogen-bond acceptors (Lipinski definition) is 3. The average molecular weight is 366 g/mol. The van der Waals surface area contributed by atoms with Crippen LogP contribution in [0.1, 0.15) is 38.6 Å². The van der Waals surface area contributed by atoms with Gasteiger partial charge < -0.3 is 9.73 Å². The van der Waals surface area contributed by atoms with Gasteiger partial charge in [0.15, 0.2) is 11.7 Å². The first-order valence-corrected chi connectivity index (χ1v) is 8.92. The van der Waals surface area contributed by atoms with Gasteiger partial charge in [0.1, 0.15) is 5.82 Å². The van der Waals surface area contributed by atoms with Gasteiger partial charge in [-0.1, -0.05) is 32.9 Å². The van der Waals surface area contributed by atoms with Crippen LogP contribution in [-0.4, -0.2) is 10.9 Å². The Morgan fingerprint density at radius 1 is 1.07 bits per heavy atom. The van der Waals surface area contributed by atoms with E-state index in [1.54, 1.807) is 18.3 Å². The first-order valence-electron chi connectivity index (χ1n) is 8.92. The van der Waals surface area contributed by atoms with Crippen LogP contribution in [-0.2, 0) is 16.6 Å². The van der Waals surface area contributed by atoms with Crippen LogP contribution >= 0.6 is 0 Å². The number of carbonyl (C=O) groups excluding carboxylic acids is 1. The molecule has 0 spiro atoms. The molecule has 27 heavy (non-hydrogen) atoms. The van der Waals surface area contributed by atoms with Crippen LogP contribution in [0, 0.1) is 5.82 Å². The van der Waals surface area contributed by atoms with E-state index in [2.05, 4.69) is 31.1 Å². The predicted octanol–water partition coefficient (Wildman–Crippen LogP) is 5.35. The second kappa shape index (κ2) is 7.74. The number of halogens is 1. The molecule has 0 saturated heterocycles. The van der Waals surface area contributed by atoms with Crippen molar-refractivity contribution in [2.45, 2.75) is 39.0 Å². The van der Waals surface area contributed by atoms with Gasteiger partial charge in [0.25, 0.3) is 0 Å². The number of nitrogens with one attached hydrogen (secondary N) is 1. The molecule has 0 unspecified atom stereocenters.